The molecule has 1 aliphatic rings. The van der Waals surface area contributed by atoms with E-state index in [-0.39, 0.29) is 46.2 Å². The first-order chi connectivity index (χ1) is 15.8. The van der Waals surface area contributed by atoms with Gasteiger partial charge in [0.1, 0.15) is 11.3 Å². The van der Waals surface area contributed by atoms with Gasteiger partial charge >= 0.3 is 0 Å². The Morgan fingerprint density at radius 1 is 1.30 bits per heavy atom. The summed E-state index contributed by atoms with van der Waals surface area (Å²) in [6, 6.07) is 2.31. The Hall–Kier alpha value is -2.69. The predicted molar refractivity (Wildman–Crippen MR) is 125 cm³/mol. The lowest BCUT2D eigenvalue weighted by molar-refractivity contribution is -0.122. The number of anilines is 3. The number of nitrogens with two attached hydrogens (primary N) is 1. The number of fused-ring (bicyclic) bond motifs is 1. The van der Waals surface area contributed by atoms with Crippen molar-refractivity contribution in [3.8, 4) is 0 Å². The molecule has 1 aromatic carbocycles. The zero-order valence-electron chi connectivity index (χ0n) is 17.9. The average molecular weight is 496 g/mol. The first-order valence-electron chi connectivity index (χ1n) is 10.6. The van der Waals surface area contributed by atoms with Crippen LogP contribution in [0.1, 0.15) is 38.6 Å². The van der Waals surface area contributed by atoms with Crippen molar-refractivity contribution >= 4 is 57.9 Å². The van der Waals surface area contributed by atoms with Gasteiger partial charge in [0.2, 0.25) is 17.8 Å². The number of benzene rings is 1. The lowest BCUT2D eigenvalue weighted by atomic mass is 9.85. The summed E-state index contributed by atoms with van der Waals surface area (Å²) in [6.45, 7) is 1.72. The van der Waals surface area contributed by atoms with Gasteiger partial charge in [-0.15, -0.1) is 0 Å². The first kappa shape index (κ1) is 23.5. The fraction of sp³-hybridized carbons (Fsp3) is 0.429. The molecule has 3 aromatic rings. The number of carbonyl (C=O) groups excluding carboxylic acids is 1. The number of aliphatic hydroxyl groups excluding tert-OH is 1. The highest BCUT2D eigenvalue weighted by Gasteiger charge is 2.29. The van der Waals surface area contributed by atoms with Gasteiger partial charge in [0, 0.05) is 23.0 Å². The van der Waals surface area contributed by atoms with Gasteiger partial charge < -0.3 is 21.5 Å². The molecular weight excluding hydrogens is 472 g/mol. The zero-order chi connectivity index (χ0) is 23.7. The van der Waals surface area contributed by atoms with Crippen LogP contribution in [-0.4, -0.2) is 43.2 Å². The minimum Gasteiger partial charge on any atom is -0.394 e. The standard InChI is InChI=1S/C21H24Cl2FN7O2/c1-10(9-32)27-20-26-8-16-19(30-20)31(13-4-2-11(3-5-13)18(25)33)21(28-16)29-17-14(23)6-12(22)7-15(17)24/h6-8,10-11,13,32H,2-5,9H2,1H3,(H2,25,33)(H,28,29)(H,26,27,30)/t10-,11-,13-/m1/s1. The number of hydrogen-bond acceptors (Lipinski definition) is 7. The fourth-order valence-corrected chi connectivity index (χ4v) is 4.57. The number of nitrogens with one attached hydrogen (secondary N) is 2. The molecule has 4 rings (SSSR count). The number of aromatic nitrogens is 4. The number of rotatable bonds is 7. The maximum atomic E-state index is 14.6. The second-order valence-electron chi connectivity index (χ2n) is 8.21. The van der Waals surface area contributed by atoms with Gasteiger partial charge in [-0.05, 0) is 44.7 Å². The highest BCUT2D eigenvalue weighted by molar-refractivity contribution is 6.36. The van der Waals surface area contributed by atoms with E-state index in [1.165, 1.54) is 12.1 Å². The molecule has 2 aromatic heterocycles. The van der Waals surface area contributed by atoms with Crippen molar-refractivity contribution in [3.05, 3.63) is 34.2 Å². The molecule has 1 aliphatic carbocycles. The van der Waals surface area contributed by atoms with Gasteiger partial charge in [-0.2, -0.15) is 4.98 Å². The maximum Gasteiger partial charge on any atom is 0.225 e. The molecule has 1 saturated carbocycles. The normalized spacial score (nSPS) is 19.4. The summed E-state index contributed by atoms with van der Waals surface area (Å²) < 4.78 is 16.5. The Balaban J connectivity index is 1.77. The molecule has 0 radical (unpaired) electrons. The monoisotopic (exact) mass is 495 g/mol. The third-order valence-electron chi connectivity index (χ3n) is 5.79. The molecule has 12 heteroatoms. The quantitative estimate of drug-likeness (QED) is 0.389. The Bertz CT molecular complexity index is 1160. The number of imidazole rings is 1. The number of aliphatic hydroxyl groups is 1. The van der Waals surface area contributed by atoms with E-state index in [1.807, 2.05) is 4.57 Å². The van der Waals surface area contributed by atoms with Crippen LogP contribution in [0.25, 0.3) is 11.2 Å². The van der Waals surface area contributed by atoms with E-state index in [4.69, 9.17) is 28.9 Å². The van der Waals surface area contributed by atoms with E-state index < -0.39 is 5.82 Å². The Kier molecular flexibility index (Phi) is 6.87. The molecular formula is C21H24Cl2FN7O2. The van der Waals surface area contributed by atoms with Gasteiger partial charge in [-0.25, -0.2) is 14.4 Å². The molecule has 0 unspecified atom stereocenters. The molecule has 0 aliphatic heterocycles. The highest BCUT2D eigenvalue weighted by Crippen LogP contribution is 2.38. The van der Waals surface area contributed by atoms with E-state index >= 15 is 0 Å². The van der Waals surface area contributed by atoms with Crippen molar-refractivity contribution in [2.45, 2.75) is 44.7 Å². The molecule has 5 N–H and O–H groups in total. The second kappa shape index (κ2) is 9.66. The summed E-state index contributed by atoms with van der Waals surface area (Å²) in [5.74, 6) is -0.415. The van der Waals surface area contributed by atoms with Crippen LogP contribution in [0.5, 0.6) is 0 Å². The molecule has 1 atom stereocenters. The molecule has 176 valence electrons. The van der Waals surface area contributed by atoms with Crippen LogP contribution in [0.3, 0.4) is 0 Å². The van der Waals surface area contributed by atoms with E-state index in [1.54, 1.807) is 13.1 Å². The Morgan fingerprint density at radius 3 is 2.67 bits per heavy atom. The van der Waals surface area contributed by atoms with Crippen LogP contribution in [0.4, 0.5) is 22.0 Å². The fourth-order valence-electron chi connectivity index (χ4n) is 4.05. The summed E-state index contributed by atoms with van der Waals surface area (Å²) in [4.78, 5) is 25.1. The van der Waals surface area contributed by atoms with E-state index in [0.29, 0.717) is 48.7 Å². The van der Waals surface area contributed by atoms with Crippen LogP contribution < -0.4 is 16.4 Å². The van der Waals surface area contributed by atoms with Crippen LogP contribution in [0, 0.1) is 11.7 Å². The minimum absolute atomic E-state index is 0.0451. The summed E-state index contributed by atoms with van der Waals surface area (Å²) in [5.41, 5.74) is 6.57. The molecule has 1 amide bonds. The van der Waals surface area contributed by atoms with Gasteiger partial charge in [0.15, 0.2) is 5.65 Å². The van der Waals surface area contributed by atoms with Gasteiger partial charge in [-0.1, -0.05) is 23.2 Å². The second-order valence-corrected chi connectivity index (χ2v) is 9.06. The van der Waals surface area contributed by atoms with E-state index in [2.05, 4.69) is 25.6 Å². The van der Waals surface area contributed by atoms with Crippen LogP contribution in [0.15, 0.2) is 18.3 Å². The number of carbonyl (C=O) groups is 1. The van der Waals surface area contributed by atoms with Crippen molar-refractivity contribution in [2.24, 2.45) is 11.7 Å². The SMILES string of the molecule is C[C@H](CO)Nc1ncc2nc(Nc3c(F)cc(Cl)cc3Cl)n([C@H]3CC[C@H](C(N)=O)CC3)c2n1. The van der Waals surface area contributed by atoms with Crippen molar-refractivity contribution in [1.82, 2.24) is 19.5 Å². The van der Waals surface area contributed by atoms with Gasteiger partial charge in [0.05, 0.1) is 23.5 Å². The van der Waals surface area contributed by atoms with Crippen molar-refractivity contribution in [2.75, 3.05) is 17.2 Å². The minimum atomic E-state index is -0.617. The number of hydrogen-bond donors (Lipinski definition) is 4. The molecule has 2 heterocycles. The third-order valence-corrected chi connectivity index (χ3v) is 6.31. The highest BCUT2D eigenvalue weighted by atomic mass is 35.5. The smallest absolute Gasteiger partial charge is 0.225 e. The summed E-state index contributed by atoms with van der Waals surface area (Å²) in [7, 11) is 0. The number of halogens is 3. The largest absolute Gasteiger partial charge is 0.394 e. The summed E-state index contributed by atoms with van der Waals surface area (Å²) in [5, 5.41) is 15.7. The maximum absolute atomic E-state index is 14.6. The zero-order valence-corrected chi connectivity index (χ0v) is 19.4. The molecule has 0 bridgehead atoms. The number of nitrogens with zero attached hydrogens (tertiary/aromatic N) is 4. The summed E-state index contributed by atoms with van der Waals surface area (Å²) in [6.07, 6.45) is 4.17. The van der Waals surface area contributed by atoms with Crippen LogP contribution >= 0.6 is 23.2 Å². The van der Waals surface area contributed by atoms with Crippen molar-refractivity contribution in [1.29, 1.82) is 0 Å². The van der Waals surface area contributed by atoms with E-state index in [9.17, 15) is 14.3 Å². The topological polar surface area (TPSA) is 131 Å². The number of primary amides is 1. The molecule has 0 saturated heterocycles. The van der Waals surface area contributed by atoms with Crippen LogP contribution in [0.2, 0.25) is 10.0 Å². The summed E-state index contributed by atoms with van der Waals surface area (Å²) >= 11 is 12.1. The first-order valence-corrected chi connectivity index (χ1v) is 11.4. The average Bonchev–Trinajstić information content (AvgIpc) is 3.13. The predicted octanol–water partition coefficient (Wildman–Crippen LogP) is 4.03. The third kappa shape index (κ3) is 4.97. The van der Waals surface area contributed by atoms with E-state index in [0.717, 1.165) is 0 Å². The number of amides is 1. The Labute approximate surface area is 199 Å². The molecule has 33 heavy (non-hydrogen) atoms. The lowest BCUT2D eigenvalue weighted by Crippen LogP contribution is -2.29. The van der Waals surface area contributed by atoms with Crippen LogP contribution in [-0.2, 0) is 4.79 Å². The Morgan fingerprint density at radius 2 is 2.03 bits per heavy atom. The van der Waals surface area contributed by atoms with Crippen molar-refractivity contribution < 1.29 is 14.3 Å². The lowest BCUT2D eigenvalue weighted by Gasteiger charge is -2.29. The van der Waals surface area contributed by atoms with Gasteiger partial charge in [-0.3, -0.25) is 9.36 Å². The molecule has 1 fully saturated rings. The van der Waals surface area contributed by atoms with Gasteiger partial charge in [0.25, 0.3) is 0 Å². The van der Waals surface area contributed by atoms with Crippen molar-refractivity contribution in [3.63, 3.8) is 0 Å². The molecule has 9 nitrogen and oxygen atoms in total. The molecule has 0 spiro atoms.